The van der Waals surface area contributed by atoms with Gasteiger partial charge in [-0.05, 0) is 25.0 Å². The first-order valence-corrected chi connectivity index (χ1v) is 5.08. The van der Waals surface area contributed by atoms with Crippen LogP contribution >= 0.6 is 0 Å². The Kier molecular flexibility index (Phi) is 1.63. The molecule has 2 aromatic rings. The fourth-order valence-electron chi connectivity index (χ4n) is 2.02. The molecule has 1 heterocycles. The monoisotopic (exact) mass is 201 g/mol. The minimum absolute atomic E-state index is 0.250. The highest BCUT2D eigenvalue weighted by molar-refractivity contribution is 5.98. The lowest BCUT2D eigenvalue weighted by Crippen LogP contribution is -1.89. The van der Waals surface area contributed by atoms with E-state index in [1.165, 1.54) is 0 Å². The van der Waals surface area contributed by atoms with Gasteiger partial charge >= 0.3 is 0 Å². The standard InChI is InChI=1S/C12H11NO2/c14-7-8-6-13(9-1-2-9)12-5-10(15)3-4-11(8)12/h3-7,9,15H,1-2H2. The maximum Gasteiger partial charge on any atom is 0.152 e. The number of hydrogen-bond acceptors (Lipinski definition) is 2. The summed E-state index contributed by atoms with van der Waals surface area (Å²) in [5.41, 5.74) is 1.66. The lowest BCUT2D eigenvalue weighted by molar-refractivity contribution is 0.112. The summed E-state index contributed by atoms with van der Waals surface area (Å²) in [4.78, 5) is 10.9. The second-order valence-electron chi connectivity index (χ2n) is 4.04. The molecule has 0 atom stereocenters. The van der Waals surface area contributed by atoms with Crippen LogP contribution in [0.2, 0.25) is 0 Å². The van der Waals surface area contributed by atoms with Crippen LogP contribution in [-0.4, -0.2) is 16.0 Å². The van der Waals surface area contributed by atoms with Crippen molar-refractivity contribution in [1.29, 1.82) is 0 Å². The number of nitrogens with zero attached hydrogens (tertiary/aromatic N) is 1. The van der Waals surface area contributed by atoms with E-state index < -0.39 is 0 Å². The molecule has 0 amide bonds. The Balaban J connectivity index is 2.33. The van der Waals surface area contributed by atoms with Crippen LogP contribution in [0.3, 0.4) is 0 Å². The Morgan fingerprint density at radius 1 is 1.40 bits per heavy atom. The fraction of sp³-hybridized carbons (Fsp3) is 0.250. The molecule has 1 aliphatic rings. The van der Waals surface area contributed by atoms with Gasteiger partial charge < -0.3 is 9.67 Å². The lowest BCUT2D eigenvalue weighted by Gasteiger charge is -2.01. The van der Waals surface area contributed by atoms with E-state index >= 15 is 0 Å². The molecular formula is C12H11NO2. The predicted molar refractivity (Wildman–Crippen MR) is 57.3 cm³/mol. The first-order chi connectivity index (χ1) is 7.29. The number of aldehydes is 1. The second-order valence-corrected chi connectivity index (χ2v) is 4.04. The van der Waals surface area contributed by atoms with Crippen LogP contribution in [0.5, 0.6) is 5.75 Å². The van der Waals surface area contributed by atoms with Gasteiger partial charge in [0, 0.05) is 29.3 Å². The van der Waals surface area contributed by atoms with Gasteiger partial charge in [-0.3, -0.25) is 4.79 Å². The van der Waals surface area contributed by atoms with E-state index in [2.05, 4.69) is 4.57 Å². The van der Waals surface area contributed by atoms with E-state index in [4.69, 9.17) is 0 Å². The molecule has 0 saturated heterocycles. The van der Waals surface area contributed by atoms with E-state index in [1.807, 2.05) is 6.20 Å². The van der Waals surface area contributed by atoms with Gasteiger partial charge in [0.1, 0.15) is 5.75 Å². The van der Waals surface area contributed by atoms with Crippen LogP contribution in [-0.2, 0) is 0 Å². The molecule has 1 N–H and O–H groups in total. The quantitative estimate of drug-likeness (QED) is 0.758. The van der Waals surface area contributed by atoms with Gasteiger partial charge in [-0.15, -0.1) is 0 Å². The Bertz CT molecular complexity index is 538. The van der Waals surface area contributed by atoms with Gasteiger partial charge in [-0.25, -0.2) is 0 Å². The number of carbonyl (C=O) groups excluding carboxylic acids is 1. The molecule has 3 heteroatoms. The van der Waals surface area contributed by atoms with E-state index in [0.29, 0.717) is 11.6 Å². The van der Waals surface area contributed by atoms with Crippen molar-refractivity contribution < 1.29 is 9.90 Å². The Morgan fingerprint density at radius 3 is 2.87 bits per heavy atom. The van der Waals surface area contributed by atoms with Gasteiger partial charge in [0.05, 0.1) is 5.52 Å². The smallest absolute Gasteiger partial charge is 0.152 e. The molecule has 1 aromatic heterocycles. The molecule has 3 nitrogen and oxygen atoms in total. The zero-order valence-electron chi connectivity index (χ0n) is 8.18. The molecule has 0 radical (unpaired) electrons. The van der Waals surface area contributed by atoms with Crippen LogP contribution in [0.15, 0.2) is 24.4 Å². The number of aromatic hydroxyl groups is 1. The summed E-state index contributed by atoms with van der Waals surface area (Å²) in [6, 6.07) is 5.66. The molecule has 3 rings (SSSR count). The summed E-state index contributed by atoms with van der Waals surface area (Å²) in [5.74, 6) is 0.250. The minimum atomic E-state index is 0.250. The molecule has 0 unspecified atom stereocenters. The summed E-state index contributed by atoms with van der Waals surface area (Å²) in [7, 11) is 0. The van der Waals surface area contributed by atoms with Crippen molar-refractivity contribution >= 4 is 17.2 Å². The van der Waals surface area contributed by atoms with Crippen LogP contribution in [0.1, 0.15) is 29.2 Å². The topological polar surface area (TPSA) is 42.2 Å². The third-order valence-corrected chi connectivity index (χ3v) is 2.92. The van der Waals surface area contributed by atoms with Crippen molar-refractivity contribution in [2.24, 2.45) is 0 Å². The Labute approximate surface area is 86.9 Å². The van der Waals surface area contributed by atoms with Gasteiger partial charge in [0.25, 0.3) is 0 Å². The average Bonchev–Trinajstić information content (AvgIpc) is 3.00. The van der Waals surface area contributed by atoms with Crippen molar-refractivity contribution in [3.63, 3.8) is 0 Å². The summed E-state index contributed by atoms with van der Waals surface area (Å²) in [6.45, 7) is 0. The second kappa shape index (κ2) is 2.86. The largest absolute Gasteiger partial charge is 0.508 e. The molecule has 1 fully saturated rings. The van der Waals surface area contributed by atoms with Crippen molar-refractivity contribution in [2.45, 2.75) is 18.9 Å². The first-order valence-electron chi connectivity index (χ1n) is 5.08. The number of carbonyl (C=O) groups is 1. The van der Waals surface area contributed by atoms with Gasteiger partial charge in [0.2, 0.25) is 0 Å². The zero-order valence-corrected chi connectivity index (χ0v) is 8.18. The van der Waals surface area contributed by atoms with Crippen LogP contribution in [0.25, 0.3) is 10.9 Å². The molecular weight excluding hydrogens is 190 g/mol. The third kappa shape index (κ3) is 1.23. The normalized spacial score (nSPS) is 15.7. The third-order valence-electron chi connectivity index (χ3n) is 2.92. The molecule has 0 spiro atoms. The lowest BCUT2D eigenvalue weighted by atomic mass is 10.2. The maximum atomic E-state index is 10.9. The van der Waals surface area contributed by atoms with Crippen molar-refractivity contribution in [2.75, 3.05) is 0 Å². The van der Waals surface area contributed by atoms with Crippen molar-refractivity contribution in [1.82, 2.24) is 4.57 Å². The summed E-state index contributed by atoms with van der Waals surface area (Å²) >= 11 is 0. The number of benzene rings is 1. The van der Waals surface area contributed by atoms with E-state index in [9.17, 15) is 9.90 Å². The molecule has 1 aromatic carbocycles. The van der Waals surface area contributed by atoms with E-state index in [0.717, 1.165) is 30.0 Å². The molecule has 1 aliphatic carbocycles. The minimum Gasteiger partial charge on any atom is -0.508 e. The maximum absolute atomic E-state index is 10.9. The summed E-state index contributed by atoms with van der Waals surface area (Å²) < 4.78 is 2.10. The van der Waals surface area contributed by atoms with Crippen molar-refractivity contribution in [3.05, 3.63) is 30.0 Å². The number of fused-ring (bicyclic) bond motifs is 1. The number of aromatic nitrogens is 1. The number of phenolic OH excluding ortho intramolecular Hbond substituents is 1. The van der Waals surface area contributed by atoms with Crippen molar-refractivity contribution in [3.8, 4) is 5.75 Å². The highest BCUT2D eigenvalue weighted by atomic mass is 16.3. The Morgan fingerprint density at radius 2 is 2.20 bits per heavy atom. The predicted octanol–water partition coefficient (Wildman–Crippen LogP) is 2.49. The SMILES string of the molecule is O=Cc1cn(C2CC2)c2cc(O)ccc12. The van der Waals surface area contributed by atoms with Gasteiger partial charge in [-0.1, -0.05) is 0 Å². The molecule has 1 saturated carbocycles. The Hall–Kier alpha value is -1.77. The highest BCUT2D eigenvalue weighted by Crippen LogP contribution is 2.39. The molecule has 76 valence electrons. The highest BCUT2D eigenvalue weighted by Gasteiger charge is 2.25. The van der Waals surface area contributed by atoms with Gasteiger partial charge in [-0.2, -0.15) is 0 Å². The van der Waals surface area contributed by atoms with E-state index in [-0.39, 0.29) is 5.75 Å². The molecule has 15 heavy (non-hydrogen) atoms. The van der Waals surface area contributed by atoms with Gasteiger partial charge in [0.15, 0.2) is 6.29 Å². The van der Waals surface area contributed by atoms with E-state index in [1.54, 1.807) is 18.2 Å². The number of rotatable bonds is 2. The fourth-order valence-corrected chi connectivity index (χ4v) is 2.02. The summed E-state index contributed by atoms with van der Waals surface area (Å²) in [6.07, 6.45) is 5.09. The number of hydrogen-bond donors (Lipinski definition) is 1. The van der Waals surface area contributed by atoms with Crippen LogP contribution in [0, 0.1) is 0 Å². The first kappa shape index (κ1) is 8.53. The molecule has 0 bridgehead atoms. The number of phenols is 1. The average molecular weight is 201 g/mol. The van der Waals surface area contributed by atoms with Crippen LogP contribution < -0.4 is 0 Å². The summed E-state index contributed by atoms with van der Waals surface area (Å²) in [5, 5.41) is 10.4. The zero-order chi connectivity index (χ0) is 10.4. The molecule has 0 aliphatic heterocycles. The van der Waals surface area contributed by atoms with Crippen LogP contribution in [0.4, 0.5) is 0 Å².